The highest BCUT2D eigenvalue weighted by molar-refractivity contribution is 5.81. The fourth-order valence-corrected chi connectivity index (χ4v) is 1.64. The first kappa shape index (κ1) is 14.7. The third-order valence-electron chi connectivity index (χ3n) is 2.99. The maximum Gasteiger partial charge on any atom is 0.237 e. The second kappa shape index (κ2) is 6.56. The largest absolute Gasteiger partial charge is 0.468 e. The maximum absolute atomic E-state index is 11.8. The van der Waals surface area contributed by atoms with Gasteiger partial charge in [-0.1, -0.05) is 13.8 Å². The monoisotopic (exact) mass is 253 g/mol. The highest BCUT2D eigenvalue weighted by atomic mass is 16.3. The van der Waals surface area contributed by atoms with Crippen LogP contribution in [0.15, 0.2) is 22.8 Å². The molecular formula is C13H23N3O2. The second-order valence-electron chi connectivity index (χ2n) is 5.01. The summed E-state index contributed by atoms with van der Waals surface area (Å²) in [6.07, 6.45) is 1.63. The van der Waals surface area contributed by atoms with Crippen molar-refractivity contribution in [3.63, 3.8) is 0 Å². The Morgan fingerprint density at radius 3 is 2.61 bits per heavy atom. The van der Waals surface area contributed by atoms with E-state index in [-0.39, 0.29) is 17.9 Å². The van der Waals surface area contributed by atoms with Crippen LogP contribution in [-0.2, 0) is 4.79 Å². The molecule has 1 amide bonds. The molecule has 5 heteroatoms. The molecule has 5 nitrogen and oxygen atoms in total. The number of amides is 1. The van der Waals surface area contributed by atoms with Crippen molar-refractivity contribution in [3.05, 3.63) is 24.2 Å². The second-order valence-corrected chi connectivity index (χ2v) is 5.01. The van der Waals surface area contributed by atoms with Gasteiger partial charge in [-0.15, -0.1) is 0 Å². The van der Waals surface area contributed by atoms with Gasteiger partial charge in [0.1, 0.15) is 5.76 Å². The van der Waals surface area contributed by atoms with Crippen molar-refractivity contribution in [3.8, 4) is 0 Å². The number of nitrogens with two attached hydrogens (primary N) is 1. The van der Waals surface area contributed by atoms with Crippen LogP contribution in [0.2, 0.25) is 0 Å². The predicted molar refractivity (Wildman–Crippen MR) is 71.0 cm³/mol. The summed E-state index contributed by atoms with van der Waals surface area (Å²) < 4.78 is 5.37. The Bertz CT molecular complexity index is 360. The van der Waals surface area contributed by atoms with Gasteiger partial charge in [-0.2, -0.15) is 0 Å². The van der Waals surface area contributed by atoms with Crippen LogP contribution in [0.3, 0.4) is 0 Å². The number of nitrogens with zero attached hydrogens (tertiary/aromatic N) is 1. The van der Waals surface area contributed by atoms with E-state index in [2.05, 4.69) is 5.32 Å². The molecular weight excluding hydrogens is 230 g/mol. The van der Waals surface area contributed by atoms with Crippen LogP contribution in [0.1, 0.15) is 25.6 Å². The quantitative estimate of drug-likeness (QED) is 0.793. The number of furan rings is 1. The molecule has 1 unspecified atom stereocenters. The van der Waals surface area contributed by atoms with Gasteiger partial charge >= 0.3 is 0 Å². The molecule has 0 aliphatic carbocycles. The Labute approximate surface area is 108 Å². The molecule has 3 N–H and O–H groups in total. The van der Waals surface area contributed by atoms with E-state index in [0.29, 0.717) is 6.54 Å². The van der Waals surface area contributed by atoms with Crippen molar-refractivity contribution < 1.29 is 9.21 Å². The van der Waals surface area contributed by atoms with Gasteiger partial charge in [-0.25, -0.2) is 0 Å². The van der Waals surface area contributed by atoms with Gasteiger partial charge < -0.3 is 15.5 Å². The van der Waals surface area contributed by atoms with E-state index in [0.717, 1.165) is 5.76 Å². The van der Waals surface area contributed by atoms with Crippen LogP contribution in [0.5, 0.6) is 0 Å². The van der Waals surface area contributed by atoms with E-state index >= 15 is 0 Å². The Hall–Kier alpha value is -1.33. The normalized spacial score (nSPS) is 14.8. The van der Waals surface area contributed by atoms with Crippen LogP contribution in [0, 0.1) is 5.92 Å². The fraction of sp³-hybridized carbons (Fsp3) is 0.615. The summed E-state index contributed by atoms with van der Waals surface area (Å²) >= 11 is 0. The van der Waals surface area contributed by atoms with Gasteiger partial charge in [-0.3, -0.25) is 9.69 Å². The molecule has 0 saturated heterocycles. The number of carbonyl (C=O) groups is 1. The van der Waals surface area contributed by atoms with Crippen LogP contribution in [0.4, 0.5) is 0 Å². The Kier molecular flexibility index (Phi) is 5.37. The van der Waals surface area contributed by atoms with Gasteiger partial charge in [0.2, 0.25) is 5.91 Å². The number of nitrogens with one attached hydrogen (secondary N) is 1. The molecule has 2 atom stereocenters. The molecule has 0 saturated carbocycles. The third-order valence-corrected chi connectivity index (χ3v) is 2.99. The van der Waals surface area contributed by atoms with Gasteiger partial charge in [0.25, 0.3) is 0 Å². The van der Waals surface area contributed by atoms with Crippen molar-refractivity contribution in [2.75, 3.05) is 20.6 Å². The highest BCUT2D eigenvalue weighted by Gasteiger charge is 2.21. The lowest BCUT2D eigenvalue weighted by Crippen LogP contribution is -2.46. The van der Waals surface area contributed by atoms with E-state index in [1.165, 1.54) is 0 Å². The fourth-order valence-electron chi connectivity index (χ4n) is 1.64. The number of carbonyl (C=O) groups excluding carboxylic acids is 1. The molecule has 0 fully saturated rings. The zero-order chi connectivity index (χ0) is 13.7. The number of hydrogen-bond donors (Lipinski definition) is 2. The molecule has 0 aliphatic heterocycles. The first-order valence-corrected chi connectivity index (χ1v) is 6.16. The van der Waals surface area contributed by atoms with Gasteiger partial charge in [-0.05, 0) is 32.1 Å². The summed E-state index contributed by atoms with van der Waals surface area (Å²) in [6.45, 7) is 4.35. The molecule has 1 rings (SSSR count). The average Bonchev–Trinajstić information content (AvgIpc) is 2.81. The van der Waals surface area contributed by atoms with E-state index in [1.54, 1.807) is 6.26 Å². The SMILES string of the molecule is CC(C)[C@H](N)C(=O)NCC(c1ccco1)N(C)C. The maximum atomic E-state index is 11.8. The van der Waals surface area contributed by atoms with E-state index in [1.807, 2.05) is 45.0 Å². The van der Waals surface area contributed by atoms with Crippen LogP contribution in [-0.4, -0.2) is 37.5 Å². The van der Waals surface area contributed by atoms with Crippen LogP contribution in [0.25, 0.3) is 0 Å². The standard InChI is InChI=1S/C13H23N3O2/c1-9(2)12(14)13(17)15-8-10(16(3)4)11-6-5-7-18-11/h5-7,9-10,12H,8,14H2,1-4H3,(H,15,17)/t10?,12-/m0/s1. The minimum Gasteiger partial charge on any atom is -0.468 e. The van der Waals surface area contributed by atoms with Crippen molar-refractivity contribution in [2.24, 2.45) is 11.7 Å². The molecule has 0 aromatic carbocycles. The summed E-state index contributed by atoms with van der Waals surface area (Å²) in [4.78, 5) is 13.8. The summed E-state index contributed by atoms with van der Waals surface area (Å²) in [6, 6.07) is 3.29. The zero-order valence-corrected chi connectivity index (χ0v) is 11.5. The van der Waals surface area contributed by atoms with Gasteiger partial charge in [0.05, 0.1) is 18.3 Å². The molecule has 102 valence electrons. The third kappa shape index (κ3) is 3.85. The first-order chi connectivity index (χ1) is 8.43. The lowest BCUT2D eigenvalue weighted by Gasteiger charge is -2.24. The summed E-state index contributed by atoms with van der Waals surface area (Å²) in [5.41, 5.74) is 5.79. The average molecular weight is 253 g/mol. The smallest absolute Gasteiger partial charge is 0.237 e. The van der Waals surface area contributed by atoms with Crippen molar-refractivity contribution in [1.29, 1.82) is 0 Å². The van der Waals surface area contributed by atoms with E-state index in [4.69, 9.17) is 10.2 Å². The highest BCUT2D eigenvalue weighted by Crippen LogP contribution is 2.17. The summed E-state index contributed by atoms with van der Waals surface area (Å²) in [5, 5.41) is 2.87. The summed E-state index contributed by atoms with van der Waals surface area (Å²) in [5.74, 6) is 0.841. The molecule has 0 spiro atoms. The molecule has 0 bridgehead atoms. The Balaban J connectivity index is 2.57. The van der Waals surface area contributed by atoms with E-state index in [9.17, 15) is 4.79 Å². The van der Waals surface area contributed by atoms with Crippen LogP contribution < -0.4 is 11.1 Å². The first-order valence-electron chi connectivity index (χ1n) is 6.16. The predicted octanol–water partition coefficient (Wildman–Crippen LogP) is 0.982. The minimum atomic E-state index is -0.468. The topological polar surface area (TPSA) is 71.5 Å². The lowest BCUT2D eigenvalue weighted by molar-refractivity contribution is -0.123. The molecule has 0 radical (unpaired) electrons. The molecule has 1 aromatic heterocycles. The molecule has 0 aliphatic rings. The van der Waals surface area contributed by atoms with E-state index < -0.39 is 6.04 Å². The van der Waals surface area contributed by atoms with Gasteiger partial charge in [0.15, 0.2) is 0 Å². The molecule has 18 heavy (non-hydrogen) atoms. The summed E-state index contributed by atoms with van der Waals surface area (Å²) in [7, 11) is 3.89. The Morgan fingerprint density at radius 1 is 1.50 bits per heavy atom. The lowest BCUT2D eigenvalue weighted by atomic mass is 10.0. The molecule has 1 heterocycles. The van der Waals surface area contributed by atoms with Crippen LogP contribution >= 0.6 is 0 Å². The van der Waals surface area contributed by atoms with Crippen molar-refractivity contribution >= 4 is 5.91 Å². The Morgan fingerprint density at radius 2 is 2.17 bits per heavy atom. The minimum absolute atomic E-state index is 0.0170. The number of hydrogen-bond acceptors (Lipinski definition) is 4. The molecule has 1 aromatic rings. The zero-order valence-electron chi connectivity index (χ0n) is 11.5. The van der Waals surface area contributed by atoms with Crippen molar-refractivity contribution in [2.45, 2.75) is 25.9 Å². The number of rotatable bonds is 6. The van der Waals surface area contributed by atoms with Gasteiger partial charge in [0, 0.05) is 6.54 Å². The number of likely N-dealkylation sites (N-methyl/N-ethyl adjacent to an activating group) is 1. The van der Waals surface area contributed by atoms with Crippen molar-refractivity contribution in [1.82, 2.24) is 10.2 Å².